The lowest BCUT2D eigenvalue weighted by Gasteiger charge is -2.21. The second-order valence-corrected chi connectivity index (χ2v) is 6.04. The van der Waals surface area contributed by atoms with Crippen molar-refractivity contribution in [3.8, 4) is 5.75 Å². The number of anilines is 1. The topological polar surface area (TPSA) is 61.8 Å². The number of aliphatic hydroxyl groups is 1. The summed E-state index contributed by atoms with van der Waals surface area (Å²) in [5.41, 5.74) is 2.36. The molecule has 5 nitrogen and oxygen atoms in total. The third-order valence-corrected chi connectivity index (χ3v) is 4.33. The van der Waals surface area contributed by atoms with Crippen molar-refractivity contribution in [1.29, 1.82) is 0 Å². The Labute approximate surface area is 149 Å². The van der Waals surface area contributed by atoms with Gasteiger partial charge in [-0.05, 0) is 55.8 Å². The molecule has 2 atom stereocenters. The summed E-state index contributed by atoms with van der Waals surface area (Å²) in [5.74, 6) is 0.524. The first-order valence-electron chi connectivity index (χ1n) is 8.40. The molecule has 0 bridgehead atoms. The molecule has 2 aromatic carbocycles. The van der Waals surface area contributed by atoms with E-state index in [-0.39, 0.29) is 5.91 Å². The highest BCUT2D eigenvalue weighted by molar-refractivity contribution is 5.94. The van der Waals surface area contributed by atoms with E-state index in [4.69, 9.17) is 4.74 Å². The molecule has 0 heterocycles. The van der Waals surface area contributed by atoms with Crippen molar-refractivity contribution in [2.45, 2.75) is 26.0 Å². The fourth-order valence-corrected chi connectivity index (χ4v) is 2.51. The van der Waals surface area contributed by atoms with Crippen LogP contribution < -0.4 is 15.0 Å². The normalized spacial score (nSPS) is 13.0. The molecule has 134 valence electrons. The molecule has 0 aliphatic carbocycles. The van der Waals surface area contributed by atoms with Gasteiger partial charge in [0.1, 0.15) is 5.75 Å². The van der Waals surface area contributed by atoms with E-state index in [1.807, 2.05) is 19.2 Å². The standard InChI is InChI=1S/C20H26N2O3/c1-5-22(3)17-10-6-16(7-11-17)20(24)21-14(2)19(23)15-8-12-18(25-4)13-9-15/h6-14,19,23H,5H2,1-4H3,(H,21,24). The number of ether oxygens (including phenoxy) is 1. The van der Waals surface area contributed by atoms with Crippen LogP contribution in [-0.2, 0) is 0 Å². The number of methoxy groups -OCH3 is 1. The highest BCUT2D eigenvalue weighted by atomic mass is 16.5. The highest BCUT2D eigenvalue weighted by Crippen LogP contribution is 2.20. The summed E-state index contributed by atoms with van der Waals surface area (Å²) in [7, 11) is 3.60. The van der Waals surface area contributed by atoms with Crippen LogP contribution in [0.5, 0.6) is 5.75 Å². The largest absolute Gasteiger partial charge is 0.497 e. The Kier molecular flexibility index (Phi) is 6.42. The number of benzene rings is 2. The Balaban J connectivity index is 2.00. The number of nitrogens with zero attached hydrogens (tertiary/aromatic N) is 1. The second-order valence-electron chi connectivity index (χ2n) is 6.04. The number of aliphatic hydroxyl groups excluding tert-OH is 1. The monoisotopic (exact) mass is 342 g/mol. The quantitative estimate of drug-likeness (QED) is 0.812. The number of rotatable bonds is 7. The molecule has 5 heteroatoms. The molecule has 0 saturated heterocycles. The average Bonchev–Trinajstić information content (AvgIpc) is 2.66. The fourth-order valence-electron chi connectivity index (χ4n) is 2.51. The Morgan fingerprint density at radius 1 is 1.16 bits per heavy atom. The second kappa shape index (κ2) is 8.53. The maximum Gasteiger partial charge on any atom is 0.251 e. The zero-order valence-electron chi connectivity index (χ0n) is 15.2. The first-order valence-corrected chi connectivity index (χ1v) is 8.40. The van der Waals surface area contributed by atoms with Crippen LogP contribution in [-0.4, -0.2) is 37.8 Å². The van der Waals surface area contributed by atoms with E-state index in [0.717, 1.165) is 23.5 Å². The van der Waals surface area contributed by atoms with Crippen LogP contribution in [0.4, 0.5) is 5.69 Å². The molecule has 0 saturated carbocycles. The van der Waals surface area contributed by atoms with Crippen LogP contribution in [0.25, 0.3) is 0 Å². The number of hydrogen-bond acceptors (Lipinski definition) is 4. The third-order valence-electron chi connectivity index (χ3n) is 4.33. The predicted octanol–water partition coefficient (Wildman–Crippen LogP) is 3.00. The number of hydrogen-bond donors (Lipinski definition) is 2. The van der Waals surface area contributed by atoms with Gasteiger partial charge in [0.25, 0.3) is 5.91 Å². The van der Waals surface area contributed by atoms with Gasteiger partial charge in [0, 0.05) is 24.8 Å². The zero-order valence-corrected chi connectivity index (χ0v) is 15.2. The molecular formula is C20H26N2O3. The third kappa shape index (κ3) is 4.73. The molecule has 0 spiro atoms. The Morgan fingerprint density at radius 2 is 1.76 bits per heavy atom. The van der Waals surface area contributed by atoms with Gasteiger partial charge in [-0.15, -0.1) is 0 Å². The van der Waals surface area contributed by atoms with Crippen LogP contribution in [0.1, 0.15) is 35.9 Å². The van der Waals surface area contributed by atoms with Crippen molar-refractivity contribution in [2.24, 2.45) is 0 Å². The summed E-state index contributed by atoms with van der Waals surface area (Å²) >= 11 is 0. The Bertz CT molecular complexity index is 683. The molecule has 0 fully saturated rings. The van der Waals surface area contributed by atoms with Crippen LogP contribution in [0.2, 0.25) is 0 Å². The van der Waals surface area contributed by atoms with Gasteiger partial charge in [0.05, 0.1) is 19.3 Å². The van der Waals surface area contributed by atoms with Gasteiger partial charge in [-0.25, -0.2) is 0 Å². The zero-order chi connectivity index (χ0) is 18.4. The molecule has 0 aromatic heterocycles. The van der Waals surface area contributed by atoms with E-state index < -0.39 is 12.1 Å². The lowest BCUT2D eigenvalue weighted by atomic mass is 10.0. The maximum atomic E-state index is 12.4. The van der Waals surface area contributed by atoms with Gasteiger partial charge < -0.3 is 20.1 Å². The smallest absolute Gasteiger partial charge is 0.251 e. The van der Waals surface area contributed by atoms with Crippen LogP contribution in [0, 0.1) is 0 Å². The molecular weight excluding hydrogens is 316 g/mol. The minimum absolute atomic E-state index is 0.203. The molecule has 2 N–H and O–H groups in total. The van der Waals surface area contributed by atoms with Crippen LogP contribution in [0.15, 0.2) is 48.5 Å². The van der Waals surface area contributed by atoms with Crippen molar-refractivity contribution in [3.63, 3.8) is 0 Å². The molecule has 0 aliphatic heterocycles. The van der Waals surface area contributed by atoms with Crippen LogP contribution in [0.3, 0.4) is 0 Å². The van der Waals surface area contributed by atoms with Crippen molar-refractivity contribution in [2.75, 3.05) is 25.6 Å². The van der Waals surface area contributed by atoms with E-state index in [1.165, 1.54) is 0 Å². The Morgan fingerprint density at radius 3 is 2.28 bits per heavy atom. The number of amides is 1. The predicted molar refractivity (Wildman–Crippen MR) is 100 cm³/mol. The number of carbonyl (C=O) groups excluding carboxylic acids is 1. The number of nitrogens with one attached hydrogen (secondary N) is 1. The fraction of sp³-hybridized carbons (Fsp3) is 0.350. The summed E-state index contributed by atoms with van der Waals surface area (Å²) in [6.45, 7) is 4.76. The molecule has 1 amide bonds. The van der Waals surface area contributed by atoms with E-state index >= 15 is 0 Å². The van der Waals surface area contributed by atoms with Crippen molar-refractivity contribution in [1.82, 2.24) is 5.32 Å². The average molecular weight is 342 g/mol. The van der Waals surface area contributed by atoms with E-state index in [1.54, 1.807) is 50.4 Å². The molecule has 0 aliphatic rings. The van der Waals surface area contributed by atoms with Crippen molar-refractivity contribution >= 4 is 11.6 Å². The summed E-state index contributed by atoms with van der Waals surface area (Å²) < 4.78 is 5.11. The highest BCUT2D eigenvalue weighted by Gasteiger charge is 2.19. The summed E-state index contributed by atoms with van der Waals surface area (Å²) in [5, 5.41) is 13.3. The van der Waals surface area contributed by atoms with Crippen LogP contribution >= 0.6 is 0 Å². The van der Waals surface area contributed by atoms with Gasteiger partial charge >= 0.3 is 0 Å². The van der Waals surface area contributed by atoms with Gasteiger partial charge in [0.2, 0.25) is 0 Å². The Hall–Kier alpha value is -2.53. The van der Waals surface area contributed by atoms with Crippen molar-refractivity contribution < 1.29 is 14.6 Å². The summed E-state index contributed by atoms with van der Waals surface area (Å²) in [6, 6.07) is 14.2. The van der Waals surface area contributed by atoms with E-state index in [2.05, 4.69) is 17.1 Å². The van der Waals surface area contributed by atoms with E-state index in [9.17, 15) is 9.90 Å². The molecule has 25 heavy (non-hydrogen) atoms. The maximum absolute atomic E-state index is 12.4. The first-order chi connectivity index (χ1) is 12.0. The SMILES string of the molecule is CCN(C)c1ccc(C(=O)NC(C)C(O)c2ccc(OC)cc2)cc1. The lowest BCUT2D eigenvalue weighted by molar-refractivity contribution is 0.0852. The molecule has 2 unspecified atom stereocenters. The van der Waals surface area contributed by atoms with E-state index in [0.29, 0.717) is 5.56 Å². The minimum atomic E-state index is -0.791. The van der Waals surface area contributed by atoms with Gasteiger partial charge in [-0.1, -0.05) is 12.1 Å². The summed E-state index contributed by atoms with van der Waals surface area (Å²) in [6.07, 6.45) is -0.791. The summed E-state index contributed by atoms with van der Waals surface area (Å²) in [4.78, 5) is 14.5. The van der Waals surface area contributed by atoms with Gasteiger partial charge in [-0.2, -0.15) is 0 Å². The molecule has 2 rings (SSSR count). The first kappa shape index (κ1) is 18.8. The molecule has 2 aromatic rings. The molecule has 0 radical (unpaired) electrons. The van der Waals surface area contributed by atoms with Crippen molar-refractivity contribution in [3.05, 3.63) is 59.7 Å². The van der Waals surface area contributed by atoms with Gasteiger partial charge in [-0.3, -0.25) is 4.79 Å². The minimum Gasteiger partial charge on any atom is -0.497 e. The number of carbonyl (C=O) groups is 1. The van der Waals surface area contributed by atoms with Gasteiger partial charge in [0.15, 0.2) is 0 Å². The lowest BCUT2D eigenvalue weighted by Crippen LogP contribution is -2.37.